The molecule has 4 aliphatic heterocycles. The van der Waals surface area contributed by atoms with Crippen LogP contribution < -0.4 is 14.5 Å². The lowest BCUT2D eigenvalue weighted by molar-refractivity contribution is -0.00876. The monoisotopic (exact) mass is 536 g/mol. The molecule has 8 heterocycles. The minimum Gasteiger partial charge on any atom is -0.481 e. The zero-order chi connectivity index (χ0) is 27.2. The van der Waals surface area contributed by atoms with Crippen molar-refractivity contribution in [2.45, 2.75) is 38.0 Å². The minimum absolute atomic E-state index is 0.261. The molecule has 0 aliphatic carbocycles. The second-order valence-electron chi connectivity index (χ2n) is 10.9. The van der Waals surface area contributed by atoms with Crippen molar-refractivity contribution in [3.8, 4) is 23.1 Å². The Morgan fingerprint density at radius 2 is 1.98 bits per heavy atom. The summed E-state index contributed by atoms with van der Waals surface area (Å²) in [5.41, 5.74) is 5.59. The Labute approximate surface area is 233 Å². The number of aromatic nitrogens is 4. The molecule has 204 valence electrons. The highest BCUT2D eigenvalue weighted by molar-refractivity contribution is 5.86. The molecule has 0 amide bonds. The standard InChI is InChI=1S/C30H32N8O2/c1-20-19-40-8-7-36(20)26-10-27(30-23(11-31)14-34-38(30)18-26)22-4-5-28(32-13-22)35-16-24-9-25(17-35)37(24)15-21-3-6-29(39-2)33-12-21/h3-6,10,12-14,18,20,24-25H,7-9,15-17,19H2,1-2H3. The van der Waals surface area contributed by atoms with Gasteiger partial charge in [-0.25, -0.2) is 14.5 Å². The van der Waals surface area contributed by atoms with Crippen molar-refractivity contribution in [2.75, 3.05) is 49.8 Å². The molecule has 0 spiro atoms. The maximum Gasteiger partial charge on any atom is 0.212 e. The van der Waals surface area contributed by atoms with Crippen molar-refractivity contribution < 1.29 is 9.47 Å². The van der Waals surface area contributed by atoms with E-state index in [0.29, 0.717) is 36.7 Å². The number of morpholine rings is 1. The number of pyridine rings is 3. The molecule has 10 heteroatoms. The van der Waals surface area contributed by atoms with E-state index in [-0.39, 0.29) is 6.04 Å². The van der Waals surface area contributed by atoms with Crippen LogP contribution >= 0.6 is 0 Å². The van der Waals surface area contributed by atoms with Crippen LogP contribution in [0.5, 0.6) is 5.88 Å². The van der Waals surface area contributed by atoms with E-state index in [9.17, 15) is 5.26 Å². The van der Waals surface area contributed by atoms with Crippen LogP contribution in [0.3, 0.4) is 0 Å². The van der Waals surface area contributed by atoms with Gasteiger partial charge in [-0.1, -0.05) is 6.07 Å². The zero-order valence-corrected chi connectivity index (χ0v) is 22.8. The van der Waals surface area contributed by atoms with E-state index in [1.165, 1.54) is 12.0 Å². The maximum atomic E-state index is 9.77. The average molecular weight is 537 g/mol. The first-order chi connectivity index (χ1) is 19.6. The molecule has 8 rings (SSSR count). The fraction of sp³-hybridized carbons (Fsp3) is 0.400. The van der Waals surface area contributed by atoms with Crippen molar-refractivity contribution in [1.82, 2.24) is 24.5 Å². The first-order valence-corrected chi connectivity index (χ1v) is 13.8. The van der Waals surface area contributed by atoms with Gasteiger partial charge in [0.1, 0.15) is 11.9 Å². The Bertz CT molecular complexity index is 1550. The SMILES string of the molecule is COc1ccc(CN2C3CC2CN(c2ccc(-c4cc(N5CCOCC5C)cn5ncc(C#N)c45)cn2)C3)cn1. The van der Waals surface area contributed by atoms with Gasteiger partial charge in [0.25, 0.3) is 0 Å². The van der Waals surface area contributed by atoms with Gasteiger partial charge in [0.15, 0.2) is 0 Å². The Balaban J connectivity index is 1.11. The molecule has 10 nitrogen and oxygen atoms in total. The number of piperidine rings is 1. The van der Waals surface area contributed by atoms with Crippen molar-refractivity contribution in [2.24, 2.45) is 0 Å². The molecular weight excluding hydrogens is 504 g/mol. The molecular formula is C30H32N8O2. The molecule has 3 unspecified atom stereocenters. The van der Waals surface area contributed by atoms with Crippen LogP contribution in [0.15, 0.2) is 55.1 Å². The maximum absolute atomic E-state index is 9.77. The van der Waals surface area contributed by atoms with Crippen LogP contribution in [-0.4, -0.2) is 82.6 Å². The highest BCUT2D eigenvalue weighted by Gasteiger charge is 2.44. The van der Waals surface area contributed by atoms with E-state index in [1.54, 1.807) is 13.3 Å². The summed E-state index contributed by atoms with van der Waals surface area (Å²) in [7, 11) is 1.64. The van der Waals surface area contributed by atoms with Crippen LogP contribution in [0, 0.1) is 11.3 Å². The number of hydrogen-bond acceptors (Lipinski definition) is 9. The molecule has 4 aromatic rings. The number of nitriles is 1. The second kappa shape index (κ2) is 10.1. The van der Waals surface area contributed by atoms with Crippen LogP contribution in [0.25, 0.3) is 16.6 Å². The lowest BCUT2D eigenvalue weighted by Gasteiger charge is -2.56. The fourth-order valence-electron chi connectivity index (χ4n) is 6.38. The van der Waals surface area contributed by atoms with Crippen LogP contribution in [-0.2, 0) is 11.3 Å². The molecule has 0 saturated carbocycles. The van der Waals surface area contributed by atoms with Gasteiger partial charge >= 0.3 is 0 Å². The first-order valence-electron chi connectivity index (χ1n) is 13.8. The number of nitrogens with zero attached hydrogens (tertiary/aromatic N) is 8. The summed E-state index contributed by atoms with van der Waals surface area (Å²) >= 11 is 0. The predicted molar refractivity (Wildman–Crippen MR) is 152 cm³/mol. The summed E-state index contributed by atoms with van der Waals surface area (Å²) < 4.78 is 12.7. The summed E-state index contributed by atoms with van der Waals surface area (Å²) in [5.74, 6) is 1.64. The molecule has 4 aromatic heterocycles. The Morgan fingerprint density at radius 3 is 2.67 bits per heavy atom. The molecule has 40 heavy (non-hydrogen) atoms. The number of ether oxygens (including phenoxy) is 2. The molecule has 4 saturated heterocycles. The Kier molecular flexibility index (Phi) is 6.25. The van der Waals surface area contributed by atoms with Gasteiger partial charge < -0.3 is 19.3 Å². The molecule has 0 radical (unpaired) electrons. The minimum atomic E-state index is 0.261. The number of anilines is 2. The van der Waals surface area contributed by atoms with Gasteiger partial charge in [-0.3, -0.25) is 4.90 Å². The van der Waals surface area contributed by atoms with E-state index in [0.717, 1.165) is 54.3 Å². The smallest absolute Gasteiger partial charge is 0.212 e. The average Bonchev–Trinajstić information content (AvgIpc) is 3.43. The van der Waals surface area contributed by atoms with Crippen LogP contribution in [0.4, 0.5) is 11.5 Å². The summed E-state index contributed by atoms with van der Waals surface area (Å²) in [6.45, 7) is 7.21. The number of fused-ring (bicyclic) bond motifs is 3. The Morgan fingerprint density at radius 1 is 1.10 bits per heavy atom. The third-order valence-electron chi connectivity index (χ3n) is 8.52. The molecule has 0 N–H and O–H groups in total. The van der Waals surface area contributed by atoms with Gasteiger partial charge in [-0.2, -0.15) is 10.4 Å². The Hall–Kier alpha value is -4.20. The molecule has 4 fully saturated rings. The number of rotatable bonds is 6. The summed E-state index contributed by atoms with van der Waals surface area (Å²) in [4.78, 5) is 16.6. The second-order valence-corrected chi connectivity index (χ2v) is 10.9. The molecule has 0 aromatic carbocycles. The highest BCUT2D eigenvalue weighted by Crippen LogP contribution is 2.37. The quantitative estimate of drug-likeness (QED) is 0.368. The topological polar surface area (TPSA) is 95.1 Å². The number of hydrogen-bond donors (Lipinski definition) is 0. The normalized spacial score (nSPS) is 22.7. The van der Waals surface area contributed by atoms with E-state index >= 15 is 0 Å². The van der Waals surface area contributed by atoms with E-state index in [1.807, 2.05) is 29.2 Å². The van der Waals surface area contributed by atoms with E-state index in [4.69, 9.17) is 14.5 Å². The summed E-state index contributed by atoms with van der Waals surface area (Å²) in [6, 6.07) is 14.0. The predicted octanol–water partition coefficient (Wildman–Crippen LogP) is 3.36. The third-order valence-corrected chi connectivity index (χ3v) is 8.52. The first kappa shape index (κ1) is 24.8. The zero-order valence-electron chi connectivity index (χ0n) is 22.8. The lowest BCUT2D eigenvalue weighted by atomic mass is 9.87. The van der Waals surface area contributed by atoms with Crippen molar-refractivity contribution in [3.63, 3.8) is 0 Å². The van der Waals surface area contributed by atoms with Crippen molar-refractivity contribution in [3.05, 3.63) is 66.2 Å². The lowest BCUT2D eigenvalue weighted by Crippen LogP contribution is -2.68. The van der Waals surface area contributed by atoms with Gasteiger partial charge in [-0.15, -0.1) is 0 Å². The third kappa shape index (κ3) is 4.31. The van der Waals surface area contributed by atoms with Crippen LogP contribution in [0.1, 0.15) is 24.5 Å². The highest BCUT2D eigenvalue weighted by atomic mass is 16.5. The number of piperazine rings is 1. The molecule has 2 bridgehead atoms. The van der Waals surface area contributed by atoms with Crippen molar-refractivity contribution >= 4 is 17.0 Å². The molecule has 4 aliphatic rings. The largest absolute Gasteiger partial charge is 0.481 e. The number of methoxy groups -OCH3 is 1. The summed E-state index contributed by atoms with van der Waals surface area (Å²) in [6.07, 6.45) is 8.72. The van der Waals surface area contributed by atoms with Gasteiger partial charge in [0.2, 0.25) is 5.88 Å². The van der Waals surface area contributed by atoms with Crippen LogP contribution in [0.2, 0.25) is 0 Å². The van der Waals surface area contributed by atoms with E-state index in [2.05, 4.69) is 62.0 Å². The van der Waals surface area contributed by atoms with E-state index < -0.39 is 0 Å². The summed E-state index contributed by atoms with van der Waals surface area (Å²) in [5, 5.41) is 14.3. The van der Waals surface area contributed by atoms with Gasteiger partial charge in [-0.05, 0) is 37.1 Å². The van der Waals surface area contributed by atoms with Gasteiger partial charge in [0, 0.05) is 73.9 Å². The molecule has 3 atom stereocenters. The fourth-order valence-corrected chi connectivity index (χ4v) is 6.38. The van der Waals surface area contributed by atoms with Crippen molar-refractivity contribution in [1.29, 1.82) is 5.26 Å². The van der Waals surface area contributed by atoms with Gasteiger partial charge in [0.05, 0.1) is 49.5 Å².